The van der Waals surface area contributed by atoms with E-state index in [1.54, 1.807) is 18.2 Å². The van der Waals surface area contributed by atoms with Gasteiger partial charge in [0.15, 0.2) is 5.75 Å². The van der Waals surface area contributed by atoms with Crippen LogP contribution in [0.3, 0.4) is 0 Å². The summed E-state index contributed by atoms with van der Waals surface area (Å²) in [5, 5.41) is 5.28. The highest BCUT2D eigenvalue weighted by Crippen LogP contribution is 2.31. The van der Waals surface area contributed by atoms with Gasteiger partial charge < -0.3 is 21.1 Å². The lowest BCUT2D eigenvalue weighted by Crippen LogP contribution is -2.34. The van der Waals surface area contributed by atoms with Crippen molar-refractivity contribution in [2.75, 3.05) is 12.4 Å². The van der Waals surface area contributed by atoms with E-state index in [1.807, 2.05) is 19.9 Å². The number of aryl methyl sites for hydroxylation is 1. The van der Waals surface area contributed by atoms with Crippen molar-refractivity contribution in [1.82, 2.24) is 10.3 Å². The molecule has 1 heterocycles. The van der Waals surface area contributed by atoms with Crippen molar-refractivity contribution in [3.05, 3.63) is 47.8 Å². The minimum Gasteiger partial charge on any atom is -0.455 e. The fourth-order valence-corrected chi connectivity index (χ4v) is 2.08. The summed E-state index contributed by atoms with van der Waals surface area (Å²) in [4.78, 5) is 27.7. The van der Waals surface area contributed by atoms with E-state index in [-0.39, 0.29) is 42.3 Å². The van der Waals surface area contributed by atoms with Crippen LogP contribution in [0.1, 0.15) is 29.4 Å². The zero-order valence-electron chi connectivity index (χ0n) is 15.3. The number of carbonyl (C=O) groups is 2. The zero-order valence-corrected chi connectivity index (χ0v) is 16.9. The monoisotopic (exact) mass is 414 g/mol. The van der Waals surface area contributed by atoms with Crippen molar-refractivity contribution in [2.45, 2.75) is 26.3 Å². The third-order valence-corrected chi connectivity index (χ3v) is 3.59. The van der Waals surface area contributed by atoms with E-state index < -0.39 is 6.04 Å². The predicted octanol–water partition coefficient (Wildman–Crippen LogP) is 3.06. The Balaban J connectivity index is 0.00000338. The number of hydrogen-bond acceptors (Lipinski definition) is 5. The molecule has 0 aliphatic heterocycles. The molecular weight excluding hydrogens is 391 g/mol. The number of aromatic nitrogens is 1. The summed E-state index contributed by atoms with van der Waals surface area (Å²) in [6.45, 7) is 3.76. The number of halogens is 2. The lowest BCUT2D eigenvalue weighted by Gasteiger charge is -2.15. The molecule has 4 N–H and O–H groups in total. The maximum Gasteiger partial charge on any atom is 0.269 e. The van der Waals surface area contributed by atoms with Crippen molar-refractivity contribution >= 4 is 42.3 Å². The van der Waals surface area contributed by atoms with Gasteiger partial charge >= 0.3 is 0 Å². The Kier molecular flexibility index (Phi) is 10.4. The number of pyridine rings is 1. The molecule has 0 spiro atoms. The lowest BCUT2D eigenvalue weighted by molar-refractivity contribution is -0.117. The standard InChI is InChI=1S/C18H22N4O3.2ClH/c1-4-13(19)17(23)22-14-6-5-11(2)9-16(14)25-12-7-8-21-15(10-12)18(24)20-3;;/h5-10,13H,4,19H2,1-3H3,(H,20,24)(H,22,23);2*1H/t13-;;/m0../s1. The minimum atomic E-state index is -0.588. The Bertz CT molecular complexity index is 787. The molecule has 0 saturated heterocycles. The molecule has 0 unspecified atom stereocenters. The van der Waals surface area contributed by atoms with Gasteiger partial charge in [-0.05, 0) is 37.1 Å². The Morgan fingerprint density at radius 1 is 1.22 bits per heavy atom. The predicted molar refractivity (Wildman–Crippen MR) is 110 cm³/mol. The van der Waals surface area contributed by atoms with Gasteiger partial charge in [0.25, 0.3) is 5.91 Å². The SMILES string of the molecule is CC[C@H](N)C(=O)Nc1ccc(C)cc1Oc1ccnc(C(=O)NC)c1.Cl.Cl. The molecule has 1 aromatic heterocycles. The van der Waals surface area contributed by atoms with Crippen LogP contribution in [0.4, 0.5) is 5.69 Å². The van der Waals surface area contributed by atoms with E-state index >= 15 is 0 Å². The van der Waals surface area contributed by atoms with Crippen LogP contribution in [-0.4, -0.2) is 29.9 Å². The number of rotatable bonds is 6. The average Bonchev–Trinajstić information content (AvgIpc) is 2.62. The number of nitrogens with two attached hydrogens (primary N) is 1. The molecular formula is C18H24Cl2N4O3. The molecule has 9 heteroatoms. The second-order valence-corrected chi connectivity index (χ2v) is 5.56. The first-order chi connectivity index (χ1) is 11.9. The van der Waals surface area contributed by atoms with Gasteiger partial charge in [0, 0.05) is 19.3 Å². The number of amides is 2. The van der Waals surface area contributed by atoms with Crippen LogP contribution < -0.4 is 21.1 Å². The molecule has 0 aliphatic carbocycles. The maximum absolute atomic E-state index is 12.1. The third kappa shape index (κ3) is 6.71. The molecule has 0 fully saturated rings. The van der Waals surface area contributed by atoms with Crippen molar-refractivity contribution < 1.29 is 14.3 Å². The first-order valence-corrected chi connectivity index (χ1v) is 7.97. The summed E-state index contributed by atoms with van der Waals surface area (Å²) >= 11 is 0. The zero-order chi connectivity index (χ0) is 18.4. The summed E-state index contributed by atoms with van der Waals surface area (Å²) in [7, 11) is 1.53. The quantitative estimate of drug-likeness (QED) is 0.673. The summed E-state index contributed by atoms with van der Waals surface area (Å²) in [6.07, 6.45) is 2.02. The topological polar surface area (TPSA) is 106 Å². The van der Waals surface area contributed by atoms with Crippen LogP contribution in [0.15, 0.2) is 36.5 Å². The number of ether oxygens (including phenoxy) is 1. The number of nitrogens with zero attached hydrogens (tertiary/aromatic N) is 1. The van der Waals surface area contributed by atoms with E-state index in [1.165, 1.54) is 19.3 Å². The van der Waals surface area contributed by atoms with E-state index in [2.05, 4.69) is 15.6 Å². The van der Waals surface area contributed by atoms with Crippen LogP contribution in [-0.2, 0) is 4.79 Å². The molecule has 27 heavy (non-hydrogen) atoms. The summed E-state index contributed by atoms with van der Waals surface area (Å²) < 4.78 is 5.86. The van der Waals surface area contributed by atoms with Gasteiger partial charge in [-0.3, -0.25) is 14.6 Å². The highest BCUT2D eigenvalue weighted by Gasteiger charge is 2.15. The second kappa shape index (κ2) is 11.4. The van der Waals surface area contributed by atoms with Gasteiger partial charge in [-0.15, -0.1) is 24.8 Å². The molecule has 2 aromatic rings. The molecule has 2 rings (SSSR count). The fraction of sp³-hybridized carbons (Fsp3) is 0.278. The molecule has 7 nitrogen and oxygen atoms in total. The average molecular weight is 415 g/mol. The number of anilines is 1. The van der Waals surface area contributed by atoms with Gasteiger partial charge in [-0.1, -0.05) is 13.0 Å². The van der Waals surface area contributed by atoms with Gasteiger partial charge in [0.2, 0.25) is 5.91 Å². The van der Waals surface area contributed by atoms with Crippen molar-refractivity contribution in [3.63, 3.8) is 0 Å². The Hall–Kier alpha value is -2.35. The maximum atomic E-state index is 12.1. The summed E-state index contributed by atoms with van der Waals surface area (Å²) in [5.74, 6) is 0.314. The third-order valence-electron chi connectivity index (χ3n) is 3.59. The number of benzene rings is 1. The first-order valence-electron chi connectivity index (χ1n) is 7.97. The van der Waals surface area contributed by atoms with Crippen LogP contribution in [0.25, 0.3) is 0 Å². The van der Waals surface area contributed by atoms with Crippen molar-refractivity contribution in [3.8, 4) is 11.5 Å². The van der Waals surface area contributed by atoms with Crippen LogP contribution in [0, 0.1) is 6.92 Å². The van der Waals surface area contributed by atoms with E-state index in [9.17, 15) is 9.59 Å². The molecule has 2 amide bonds. The van der Waals surface area contributed by atoms with E-state index in [4.69, 9.17) is 10.5 Å². The van der Waals surface area contributed by atoms with Gasteiger partial charge in [-0.25, -0.2) is 0 Å². The van der Waals surface area contributed by atoms with Gasteiger partial charge in [0.1, 0.15) is 11.4 Å². The highest BCUT2D eigenvalue weighted by atomic mass is 35.5. The summed E-state index contributed by atoms with van der Waals surface area (Å²) in [5.41, 5.74) is 7.48. The van der Waals surface area contributed by atoms with Crippen LogP contribution >= 0.6 is 24.8 Å². The molecule has 0 aliphatic rings. The van der Waals surface area contributed by atoms with E-state index in [0.717, 1.165) is 5.56 Å². The highest BCUT2D eigenvalue weighted by molar-refractivity contribution is 5.96. The Morgan fingerprint density at radius 3 is 2.56 bits per heavy atom. The minimum absolute atomic E-state index is 0. The van der Waals surface area contributed by atoms with Gasteiger partial charge in [0.05, 0.1) is 11.7 Å². The summed E-state index contributed by atoms with van der Waals surface area (Å²) in [6, 6.07) is 8.00. The molecule has 148 valence electrons. The van der Waals surface area contributed by atoms with Crippen LogP contribution in [0.2, 0.25) is 0 Å². The molecule has 0 saturated carbocycles. The Morgan fingerprint density at radius 2 is 1.93 bits per heavy atom. The first kappa shape index (κ1) is 24.7. The smallest absolute Gasteiger partial charge is 0.269 e. The Labute approximate surface area is 170 Å². The number of nitrogens with one attached hydrogen (secondary N) is 2. The fourth-order valence-electron chi connectivity index (χ4n) is 2.08. The molecule has 1 atom stereocenters. The molecule has 0 bridgehead atoms. The lowest BCUT2D eigenvalue weighted by atomic mass is 10.2. The second-order valence-electron chi connectivity index (χ2n) is 5.56. The molecule has 0 radical (unpaired) electrons. The van der Waals surface area contributed by atoms with Crippen molar-refractivity contribution in [1.29, 1.82) is 0 Å². The number of carbonyl (C=O) groups excluding carboxylic acids is 2. The van der Waals surface area contributed by atoms with Crippen LogP contribution in [0.5, 0.6) is 11.5 Å². The number of hydrogen-bond donors (Lipinski definition) is 3. The van der Waals surface area contributed by atoms with E-state index in [0.29, 0.717) is 23.6 Å². The molecule has 1 aromatic carbocycles. The largest absolute Gasteiger partial charge is 0.455 e. The normalized spacial score (nSPS) is 10.7. The van der Waals surface area contributed by atoms with Gasteiger partial charge in [-0.2, -0.15) is 0 Å². The van der Waals surface area contributed by atoms with Crippen molar-refractivity contribution in [2.24, 2.45) is 5.73 Å².